The van der Waals surface area contributed by atoms with Crippen LogP contribution in [0.5, 0.6) is 0 Å². The first-order valence-electron chi connectivity index (χ1n) is 8.55. The van der Waals surface area contributed by atoms with Crippen LogP contribution in [0.1, 0.15) is 18.4 Å². The summed E-state index contributed by atoms with van der Waals surface area (Å²) < 4.78 is 25.4. The maximum Gasteiger partial charge on any atom is 0.208 e. The van der Waals surface area contributed by atoms with E-state index in [1.165, 1.54) is 11.8 Å². The van der Waals surface area contributed by atoms with Crippen molar-refractivity contribution in [2.45, 2.75) is 35.3 Å². The molecule has 1 saturated heterocycles. The lowest BCUT2D eigenvalue weighted by atomic mass is 10.1. The molecule has 2 aliphatic rings. The van der Waals surface area contributed by atoms with Crippen molar-refractivity contribution in [3.63, 3.8) is 0 Å². The molecular formula is C17H21N5O2S2. The molecule has 2 N–H and O–H groups in total. The number of hydrogen-bond acceptors (Lipinski definition) is 7. The zero-order valence-corrected chi connectivity index (χ0v) is 16.1. The molecule has 0 saturated carbocycles. The van der Waals surface area contributed by atoms with E-state index in [9.17, 15) is 8.42 Å². The molecule has 0 unspecified atom stereocenters. The standard InChI is InChI=1S/C17H21N5O2S2/c1-26(23,24)21-13-4-8-22(9-5-13)11-12-2-3-15-14(10-12)20-16-17(25-15)19-7-6-18-16/h2-3,6-7,10,13,21H,4-5,8-9,11H2,1H3,(H,18,20). The Morgan fingerprint density at radius 1 is 1.27 bits per heavy atom. The minimum Gasteiger partial charge on any atom is -0.337 e. The molecule has 0 amide bonds. The number of likely N-dealkylation sites (tertiary alicyclic amines) is 1. The molecule has 0 aliphatic carbocycles. The zero-order chi connectivity index (χ0) is 18.1. The summed E-state index contributed by atoms with van der Waals surface area (Å²) in [6, 6.07) is 6.49. The molecule has 0 radical (unpaired) electrons. The molecule has 2 aromatic rings. The van der Waals surface area contributed by atoms with E-state index < -0.39 is 10.0 Å². The third-order valence-electron chi connectivity index (χ3n) is 4.54. The third-order valence-corrected chi connectivity index (χ3v) is 6.37. The van der Waals surface area contributed by atoms with Crippen LogP contribution in [0.2, 0.25) is 0 Å². The largest absolute Gasteiger partial charge is 0.337 e. The first-order valence-corrected chi connectivity index (χ1v) is 11.3. The number of benzene rings is 1. The summed E-state index contributed by atoms with van der Waals surface area (Å²) in [5.41, 5.74) is 2.30. The van der Waals surface area contributed by atoms with Gasteiger partial charge in [0.1, 0.15) is 5.03 Å². The topological polar surface area (TPSA) is 87.2 Å². The molecule has 0 spiro atoms. The van der Waals surface area contributed by atoms with E-state index in [0.717, 1.165) is 53.9 Å². The van der Waals surface area contributed by atoms with Gasteiger partial charge in [-0.1, -0.05) is 17.8 Å². The van der Waals surface area contributed by atoms with Gasteiger partial charge in [0.2, 0.25) is 10.0 Å². The molecule has 9 heteroatoms. The Balaban J connectivity index is 1.39. The number of piperidine rings is 1. The van der Waals surface area contributed by atoms with Crippen molar-refractivity contribution in [2.24, 2.45) is 0 Å². The minimum absolute atomic E-state index is 0.0536. The van der Waals surface area contributed by atoms with Crippen LogP contribution in [-0.4, -0.2) is 48.7 Å². The number of sulfonamides is 1. The van der Waals surface area contributed by atoms with Gasteiger partial charge < -0.3 is 5.32 Å². The summed E-state index contributed by atoms with van der Waals surface area (Å²) in [5.74, 6) is 0.801. The normalized spacial score (nSPS) is 18.0. The molecule has 7 nitrogen and oxygen atoms in total. The maximum absolute atomic E-state index is 11.4. The van der Waals surface area contributed by atoms with Crippen molar-refractivity contribution in [3.8, 4) is 0 Å². The Morgan fingerprint density at radius 2 is 2.04 bits per heavy atom. The zero-order valence-electron chi connectivity index (χ0n) is 14.5. The lowest BCUT2D eigenvalue weighted by Gasteiger charge is -2.32. The number of hydrogen-bond donors (Lipinski definition) is 2. The second-order valence-corrected chi connectivity index (χ2v) is 9.52. The van der Waals surface area contributed by atoms with Gasteiger partial charge >= 0.3 is 0 Å². The van der Waals surface area contributed by atoms with E-state index in [-0.39, 0.29) is 6.04 Å². The molecule has 4 rings (SSSR count). The van der Waals surface area contributed by atoms with Gasteiger partial charge in [-0.05, 0) is 30.5 Å². The highest BCUT2D eigenvalue weighted by Gasteiger charge is 2.22. The number of anilines is 2. The van der Waals surface area contributed by atoms with Crippen LogP contribution in [0.3, 0.4) is 0 Å². The van der Waals surface area contributed by atoms with Gasteiger partial charge in [0, 0.05) is 43.0 Å². The van der Waals surface area contributed by atoms with Crippen LogP contribution < -0.4 is 10.0 Å². The van der Waals surface area contributed by atoms with Crippen molar-refractivity contribution >= 4 is 33.3 Å². The quantitative estimate of drug-likeness (QED) is 0.705. The molecule has 0 atom stereocenters. The molecular weight excluding hydrogens is 370 g/mol. The van der Waals surface area contributed by atoms with E-state index >= 15 is 0 Å². The smallest absolute Gasteiger partial charge is 0.208 e. The van der Waals surface area contributed by atoms with Crippen LogP contribution in [0.4, 0.5) is 11.5 Å². The summed E-state index contributed by atoms with van der Waals surface area (Å²) in [6.45, 7) is 2.64. The van der Waals surface area contributed by atoms with Crippen molar-refractivity contribution < 1.29 is 8.42 Å². The van der Waals surface area contributed by atoms with Gasteiger partial charge in [-0.3, -0.25) is 4.90 Å². The van der Waals surface area contributed by atoms with Gasteiger partial charge in [-0.2, -0.15) is 0 Å². The first-order chi connectivity index (χ1) is 12.5. The molecule has 2 aliphatic heterocycles. The van der Waals surface area contributed by atoms with Crippen LogP contribution in [0.25, 0.3) is 0 Å². The van der Waals surface area contributed by atoms with Gasteiger partial charge in [0.15, 0.2) is 5.82 Å². The fraction of sp³-hybridized carbons (Fsp3) is 0.412. The van der Waals surface area contributed by atoms with Crippen LogP contribution in [0.15, 0.2) is 40.5 Å². The highest BCUT2D eigenvalue weighted by Crippen LogP contribution is 2.42. The fourth-order valence-electron chi connectivity index (χ4n) is 3.35. The van der Waals surface area contributed by atoms with E-state index in [2.05, 4.69) is 43.1 Å². The first kappa shape index (κ1) is 17.7. The molecule has 1 aromatic carbocycles. The van der Waals surface area contributed by atoms with Gasteiger partial charge in [-0.25, -0.2) is 23.1 Å². The molecule has 138 valence electrons. The predicted octanol–water partition coefficient (Wildman–Crippen LogP) is 2.20. The Bertz CT molecular complexity index is 911. The fourth-order valence-corrected chi connectivity index (χ4v) is 5.07. The summed E-state index contributed by atoms with van der Waals surface area (Å²) in [4.78, 5) is 12.2. The number of aromatic nitrogens is 2. The Kier molecular flexibility index (Phi) is 4.87. The van der Waals surface area contributed by atoms with E-state index in [0.29, 0.717) is 0 Å². The van der Waals surface area contributed by atoms with Crippen molar-refractivity contribution in [3.05, 3.63) is 36.2 Å². The highest BCUT2D eigenvalue weighted by molar-refractivity contribution is 7.99. The third kappa shape index (κ3) is 4.17. The number of fused-ring (bicyclic) bond motifs is 2. The van der Waals surface area contributed by atoms with E-state index in [4.69, 9.17) is 0 Å². The van der Waals surface area contributed by atoms with Crippen LogP contribution in [-0.2, 0) is 16.6 Å². The summed E-state index contributed by atoms with van der Waals surface area (Å²) in [6.07, 6.45) is 6.30. The molecule has 1 aromatic heterocycles. The van der Waals surface area contributed by atoms with Crippen LogP contribution in [0, 0.1) is 0 Å². The molecule has 26 heavy (non-hydrogen) atoms. The molecule has 0 bridgehead atoms. The lowest BCUT2D eigenvalue weighted by molar-refractivity contribution is 0.200. The van der Waals surface area contributed by atoms with E-state index in [1.807, 2.05) is 0 Å². The van der Waals surface area contributed by atoms with E-state index in [1.54, 1.807) is 24.2 Å². The monoisotopic (exact) mass is 391 g/mol. The summed E-state index contributed by atoms with van der Waals surface area (Å²) in [5, 5.41) is 4.26. The second-order valence-electron chi connectivity index (χ2n) is 6.71. The average molecular weight is 392 g/mol. The predicted molar refractivity (Wildman–Crippen MR) is 102 cm³/mol. The van der Waals surface area contributed by atoms with Crippen molar-refractivity contribution in [1.82, 2.24) is 19.6 Å². The summed E-state index contributed by atoms with van der Waals surface area (Å²) >= 11 is 1.63. The van der Waals surface area contributed by atoms with Gasteiger partial charge in [0.05, 0.1) is 11.9 Å². The Hall–Kier alpha value is -1.68. The Labute approximate surface area is 157 Å². The van der Waals surface area contributed by atoms with Gasteiger partial charge in [-0.15, -0.1) is 0 Å². The van der Waals surface area contributed by atoms with Crippen LogP contribution >= 0.6 is 11.8 Å². The Morgan fingerprint density at radius 3 is 2.81 bits per heavy atom. The number of nitrogens with one attached hydrogen (secondary N) is 2. The summed E-state index contributed by atoms with van der Waals surface area (Å²) in [7, 11) is -3.12. The maximum atomic E-state index is 11.4. The second kappa shape index (κ2) is 7.15. The SMILES string of the molecule is CS(=O)(=O)NC1CCN(Cc2ccc3c(c2)Nc2nccnc2S3)CC1. The van der Waals surface area contributed by atoms with Crippen molar-refractivity contribution in [1.29, 1.82) is 0 Å². The van der Waals surface area contributed by atoms with Gasteiger partial charge in [0.25, 0.3) is 0 Å². The number of rotatable bonds is 4. The minimum atomic E-state index is -3.12. The average Bonchev–Trinajstić information content (AvgIpc) is 2.60. The molecule has 3 heterocycles. The number of nitrogens with zero attached hydrogens (tertiary/aromatic N) is 3. The van der Waals surface area contributed by atoms with Crippen molar-refractivity contribution in [2.75, 3.05) is 24.7 Å². The molecule has 1 fully saturated rings. The lowest BCUT2D eigenvalue weighted by Crippen LogP contribution is -2.43. The highest BCUT2D eigenvalue weighted by atomic mass is 32.2.